The Labute approximate surface area is 107 Å². The van der Waals surface area contributed by atoms with Gasteiger partial charge < -0.3 is 10.0 Å². The van der Waals surface area contributed by atoms with Crippen LogP contribution in [0.15, 0.2) is 12.4 Å². The lowest BCUT2D eigenvalue weighted by atomic mass is 9.97. The number of hydrogen-bond donors (Lipinski definition) is 1. The van der Waals surface area contributed by atoms with Crippen LogP contribution in [0.2, 0.25) is 0 Å². The van der Waals surface area contributed by atoms with Crippen molar-refractivity contribution in [3.8, 4) is 0 Å². The average molecular weight is 249 g/mol. The topological polar surface area (TPSA) is 66.3 Å². The molecule has 0 saturated carbocycles. The summed E-state index contributed by atoms with van der Waals surface area (Å²) in [6, 6.07) is 2.01. The number of anilines is 1. The highest BCUT2D eigenvalue weighted by Gasteiger charge is 2.25. The minimum atomic E-state index is -0.680. The maximum Gasteiger partial charge on any atom is 0.306 e. The lowest BCUT2D eigenvalue weighted by molar-refractivity contribution is -0.142. The number of rotatable bonds is 3. The smallest absolute Gasteiger partial charge is 0.306 e. The molecule has 0 radical (unpaired) electrons. The number of aromatic nitrogens is 2. The van der Waals surface area contributed by atoms with E-state index in [0.717, 1.165) is 24.6 Å². The van der Waals surface area contributed by atoms with Crippen molar-refractivity contribution in [1.82, 2.24) is 9.97 Å². The number of carboxylic acid groups (broad SMARTS) is 1. The molecule has 0 amide bonds. The normalized spacial score (nSPS) is 17.2. The Hall–Kier alpha value is -1.65. The van der Waals surface area contributed by atoms with Gasteiger partial charge in [-0.15, -0.1) is 0 Å². The largest absolute Gasteiger partial charge is 0.481 e. The Morgan fingerprint density at radius 2 is 2.06 bits per heavy atom. The van der Waals surface area contributed by atoms with Gasteiger partial charge >= 0.3 is 5.97 Å². The minimum absolute atomic E-state index is 0.201. The second-order valence-electron chi connectivity index (χ2n) is 5.06. The monoisotopic (exact) mass is 249 g/mol. The zero-order chi connectivity index (χ0) is 13.1. The fourth-order valence-electron chi connectivity index (χ4n) is 2.21. The first kappa shape index (κ1) is 12.8. The van der Waals surface area contributed by atoms with E-state index in [1.165, 1.54) is 0 Å². The van der Waals surface area contributed by atoms with Gasteiger partial charge in [0.2, 0.25) is 0 Å². The quantitative estimate of drug-likeness (QED) is 0.886. The minimum Gasteiger partial charge on any atom is -0.481 e. The van der Waals surface area contributed by atoms with Crippen LogP contribution in [0.25, 0.3) is 0 Å². The SMILES string of the molecule is CC(C)c1cc(N2CCC(C(=O)O)CC2)ncn1. The molecule has 5 heteroatoms. The van der Waals surface area contributed by atoms with Gasteiger partial charge in [0.05, 0.1) is 5.92 Å². The van der Waals surface area contributed by atoms with Crippen LogP contribution in [0, 0.1) is 5.92 Å². The molecule has 1 fully saturated rings. The van der Waals surface area contributed by atoms with Gasteiger partial charge in [-0.3, -0.25) is 4.79 Å². The summed E-state index contributed by atoms with van der Waals surface area (Å²) < 4.78 is 0. The first-order chi connectivity index (χ1) is 8.58. The Balaban J connectivity index is 2.05. The molecule has 1 aliphatic rings. The molecule has 2 heterocycles. The fourth-order valence-corrected chi connectivity index (χ4v) is 2.21. The molecule has 1 aliphatic heterocycles. The number of carboxylic acids is 1. The summed E-state index contributed by atoms with van der Waals surface area (Å²) in [4.78, 5) is 21.6. The van der Waals surface area contributed by atoms with Gasteiger partial charge in [-0.05, 0) is 18.8 Å². The van der Waals surface area contributed by atoms with Crippen LogP contribution in [-0.2, 0) is 4.79 Å². The highest BCUT2D eigenvalue weighted by atomic mass is 16.4. The number of aliphatic carboxylic acids is 1. The van der Waals surface area contributed by atoms with Gasteiger partial charge in [-0.1, -0.05) is 13.8 Å². The van der Waals surface area contributed by atoms with E-state index >= 15 is 0 Å². The molecule has 98 valence electrons. The third kappa shape index (κ3) is 2.78. The number of piperidine rings is 1. The fraction of sp³-hybridized carbons (Fsp3) is 0.615. The summed E-state index contributed by atoms with van der Waals surface area (Å²) in [6.07, 6.45) is 2.97. The van der Waals surface area contributed by atoms with E-state index in [-0.39, 0.29) is 5.92 Å². The van der Waals surface area contributed by atoms with Crippen molar-refractivity contribution >= 4 is 11.8 Å². The first-order valence-electron chi connectivity index (χ1n) is 6.37. The van der Waals surface area contributed by atoms with Crippen molar-refractivity contribution in [2.24, 2.45) is 5.92 Å². The maximum atomic E-state index is 10.9. The molecule has 1 N–H and O–H groups in total. The van der Waals surface area contributed by atoms with Crippen LogP contribution in [0.5, 0.6) is 0 Å². The molecule has 0 aromatic carbocycles. The zero-order valence-electron chi connectivity index (χ0n) is 10.8. The van der Waals surface area contributed by atoms with Crippen LogP contribution in [0.4, 0.5) is 5.82 Å². The van der Waals surface area contributed by atoms with Crippen molar-refractivity contribution in [2.75, 3.05) is 18.0 Å². The summed E-state index contributed by atoms with van der Waals surface area (Å²) in [5.74, 6) is 0.411. The van der Waals surface area contributed by atoms with Gasteiger partial charge in [-0.2, -0.15) is 0 Å². The molecule has 0 bridgehead atoms. The average Bonchev–Trinajstić information content (AvgIpc) is 2.39. The van der Waals surface area contributed by atoms with Gasteiger partial charge in [-0.25, -0.2) is 9.97 Å². The number of carbonyl (C=O) groups is 1. The highest BCUT2D eigenvalue weighted by molar-refractivity contribution is 5.70. The Morgan fingerprint density at radius 1 is 1.39 bits per heavy atom. The molecule has 2 rings (SSSR count). The Bertz CT molecular complexity index is 426. The highest BCUT2D eigenvalue weighted by Crippen LogP contribution is 2.23. The molecule has 0 spiro atoms. The third-order valence-electron chi connectivity index (χ3n) is 3.43. The van der Waals surface area contributed by atoms with Crippen molar-refractivity contribution < 1.29 is 9.90 Å². The molecule has 0 atom stereocenters. The summed E-state index contributed by atoms with van der Waals surface area (Å²) >= 11 is 0. The van der Waals surface area contributed by atoms with Crippen molar-refractivity contribution in [3.63, 3.8) is 0 Å². The Morgan fingerprint density at radius 3 is 2.61 bits per heavy atom. The second-order valence-corrected chi connectivity index (χ2v) is 5.06. The van der Waals surface area contributed by atoms with Crippen molar-refractivity contribution in [2.45, 2.75) is 32.6 Å². The van der Waals surface area contributed by atoms with E-state index in [1.54, 1.807) is 6.33 Å². The second kappa shape index (κ2) is 5.33. The van der Waals surface area contributed by atoms with E-state index in [2.05, 4.69) is 28.7 Å². The standard InChI is InChI=1S/C13H19N3O2/c1-9(2)11-7-12(15-8-14-11)16-5-3-10(4-6-16)13(17)18/h7-10H,3-6H2,1-2H3,(H,17,18). The number of nitrogens with zero attached hydrogens (tertiary/aromatic N) is 3. The molecular weight excluding hydrogens is 230 g/mol. The van der Waals surface area contributed by atoms with E-state index in [1.807, 2.05) is 6.07 Å². The molecular formula is C13H19N3O2. The predicted molar refractivity (Wildman–Crippen MR) is 68.7 cm³/mol. The summed E-state index contributed by atoms with van der Waals surface area (Å²) in [6.45, 7) is 5.71. The van der Waals surface area contributed by atoms with Gasteiger partial charge in [0.1, 0.15) is 12.1 Å². The predicted octanol–water partition coefficient (Wildman–Crippen LogP) is 1.90. The van der Waals surface area contributed by atoms with Crippen LogP contribution < -0.4 is 4.90 Å². The number of hydrogen-bond acceptors (Lipinski definition) is 4. The van der Waals surface area contributed by atoms with Crippen LogP contribution in [0.1, 0.15) is 38.3 Å². The molecule has 0 unspecified atom stereocenters. The van der Waals surface area contributed by atoms with Crippen molar-refractivity contribution in [3.05, 3.63) is 18.1 Å². The first-order valence-corrected chi connectivity index (χ1v) is 6.37. The third-order valence-corrected chi connectivity index (χ3v) is 3.43. The lowest BCUT2D eigenvalue weighted by Gasteiger charge is -2.31. The van der Waals surface area contributed by atoms with Gasteiger partial charge in [0, 0.05) is 24.8 Å². The van der Waals surface area contributed by atoms with Crippen LogP contribution in [0.3, 0.4) is 0 Å². The van der Waals surface area contributed by atoms with E-state index in [4.69, 9.17) is 5.11 Å². The van der Waals surface area contributed by atoms with Crippen LogP contribution >= 0.6 is 0 Å². The Kier molecular flexibility index (Phi) is 3.79. The summed E-state index contributed by atoms with van der Waals surface area (Å²) in [5, 5.41) is 8.97. The molecule has 1 aromatic rings. The summed E-state index contributed by atoms with van der Waals surface area (Å²) in [7, 11) is 0. The van der Waals surface area contributed by atoms with Gasteiger partial charge in [0.15, 0.2) is 0 Å². The van der Waals surface area contributed by atoms with Gasteiger partial charge in [0.25, 0.3) is 0 Å². The van der Waals surface area contributed by atoms with E-state index in [0.29, 0.717) is 18.8 Å². The maximum absolute atomic E-state index is 10.9. The lowest BCUT2D eigenvalue weighted by Crippen LogP contribution is -2.36. The van der Waals surface area contributed by atoms with E-state index in [9.17, 15) is 4.79 Å². The molecule has 1 aromatic heterocycles. The summed E-state index contributed by atoms with van der Waals surface area (Å²) in [5.41, 5.74) is 1.03. The van der Waals surface area contributed by atoms with E-state index < -0.39 is 5.97 Å². The molecule has 0 aliphatic carbocycles. The zero-order valence-corrected chi connectivity index (χ0v) is 10.8. The van der Waals surface area contributed by atoms with Crippen LogP contribution in [-0.4, -0.2) is 34.1 Å². The molecule has 18 heavy (non-hydrogen) atoms. The van der Waals surface area contributed by atoms with Crippen molar-refractivity contribution in [1.29, 1.82) is 0 Å². The molecule has 5 nitrogen and oxygen atoms in total. The molecule has 1 saturated heterocycles.